The number of rotatable bonds is 6. The number of nitrogens with zero attached hydrogens (tertiary/aromatic N) is 1. The van der Waals surface area contributed by atoms with E-state index in [2.05, 4.69) is 9.71 Å². The average Bonchev–Trinajstić information content (AvgIpc) is 2.28. The average molecular weight is 274 g/mol. The van der Waals surface area contributed by atoms with Crippen LogP contribution in [0.25, 0.3) is 0 Å². The molecular formula is C10H14N2O5S. The summed E-state index contributed by atoms with van der Waals surface area (Å²) in [5.41, 5.74) is -0.0705. The number of aromatic nitrogens is 1. The Kier molecular flexibility index (Phi) is 4.76. The van der Waals surface area contributed by atoms with Crippen LogP contribution in [0.4, 0.5) is 0 Å². The smallest absolute Gasteiger partial charge is 0.337 e. The van der Waals surface area contributed by atoms with Gasteiger partial charge in [-0.05, 0) is 19.1 Å². The van der Waals surface area contributed by atoms with Crippen LogP contribution < -0.4 is 4.72 Å². The largest absolute Gasteiger partial charge is 0.478 e. The van der Waals surface area contributed by atoms with Crippen LogP contribution >= 0.6 is 0 Å². The molecule has 7 nitrogen and oxygen atoms in total. The number of ether oxygens (including phenoxy) is 1. The van der Waals surface area contributed by atoms with Gasteiger partial charge in [0.05, 0.1) is 12.2 Å². The third kappa shape index (κ3) is 3.76. The molecule has 0 aliphatic heterocycles. The van der Waals surface area contributed by atoms with Crippen molar-refractivity contribution in [2.45, 2.75) is 18.0 Å². The molecule has 1 aromatic heterocycles. The second-order valence-electron chi connectivity index (χ2n) is 3.67. The van der Waals surface area contributed by atoms with Crippen molar-refractivity contribution in [3.8, 4) is 0 Å². The standard InChI is InChI=1S/C10H14N2O5S/c1-7(6-17-2)12-18(15,16)9-4-3-8(5-11-9)10(13)14/h3-5,7,12H,6H2,1-2H3,(H,13,14). The molecule has 100 valence electrons. The molecule has 0 saturated carbocycles. The third-order valence-electron chi connectivity index (χ3n) is 2.03. The maximum Gasteiger partial charge on any atom is 0.337 e. The Labute approximate surface area is 105 Å². The normalized spacial score (nSPS) is 13.2. The predicted molar refractivity (Wildman–Crippen MR) is 62.9 cm³/mol. The van der Waals surface area contributed by atoms with Crippen molar-refractivity contribution in [3.63, 3.8) is 0 Å². The van der Waals surface area contributed by atoms with Crippen LogP contribution in [0.1, 0.15) is 17.3 Å². The van der Waals surface area contributed by atoms with E-state index in [9.17, 15) is 13.2 Å². The van der Waals surface area contributed by atoms with E-state index in [1.54, 1.807) is 6.92 Å². The lowest BCUT2D eigenvalue weighted by Gasteiger charge is -2.12. The van der Waals surface area contributed by atoms with E-state index in [1.807, 2.05) is 0 Å². The fraction of sp³-hybridized carbons (Fsp3) is 0.400. The molecule has 1 aromatic rings. The zero-order chi connectivity index (χ0) is 13.8. The minimum absolute atomic E-state index is 0.0705. The van der Waals surface area contributed by atoms with Crippen molar-refractivity contribution >= 4 is 16.0 Å². The summed E-state index contributed by atoms with van der Waals surface area (Å²) >= 11 is 0. The molecule has 0 aromatic carbocycles. The Balaban J connectivity index is 2.88. The van der Waals surface area contributed by atoms with Gasteiger partial charge in [-0.1, -0.05) is 0 Å². The number of nitrogens with one attached hydrogen (secondary N) is 1. The zero-order valence-electron chi connectivity index (χ0n) is 9.95. The molecule has 0 amide bonds. The van der Waals surface area contributed by atoms with E-state index in [-0.39, 0.29) is 17.2 Å². The van der Waals surface area contributed by atoms with Crippen LogP contribution in [0.5, 0.6) is 0 Å². The van der Waals surface area contributed by atoms with E-state index < -0.39 is 22.0 Å². The molecule has 0 spiro atoms. The molecule has 0 bridgehead atoms. The van der Waals surface area contributed by atoms with Gasteiger partial charge in [-0.3, -0.25) is 0 Å². The van der Waals surface area contributed by atoms with Crippen molar-refractivity contribution in [2.75, 3.05) is 13.7 Å². The number of pyridine rings is 1. The molecule has 0 radical (unpaired) electrons. The fourth-order valence-corrected chi connectivity index (χ4v) is 2.43. The summed E-state index contributed by atoms with van der Waals surface area (Å²) in [6.45, 7) is 1.87. The van der Waals surface area contributed by atoms with Gasteiger partial charge in [-0.25, -0.2) is 22.9 Å². The van der Waals surface area contributed by atoms with Gasteiger partial charge in [0.2, 0.25) is 0 Å². The maximum absolute atomic E-state index is 11.8. The molecule has 2 N–H and O–H groups in total. The molecule has 1 heterocycles. The SMILES string of the molecule is COCC(C)NS(=O)(=O)c1ccc(C(=O)O)cn1. The lowest BCUT2D eigenvalue weighted by molar-refractivity contribution is 0.0696. The summed E-state index contributed by atoms with van der Waals surface area (Å²) < 4.78 is 30.8. The van der Waals surface area contributed by atoms with Crippen LogP contribution in [0.3, 0.4) is 0 Å². The minimum atomic E-state index is -3.76. The number of methoxy groups -OCH3 is 1. The summed E-state index contributed by atoms with van der Waals surface area (Å²) in [7, 11) is -2.30. The molecule has 0 fully saturated rings. The number of aromatic carboxylic acids is 1. The Morgan fingerprint density at radius 1 is 1.56 bits per heavy atom. The molecule has 0 aliphatic carbocycles. The first kappa shape index (κ1) is 14.6. The Morgan fingerprint density at radius 3 is 2.67 bits per heavy atom. The Bertz CT molecular complexity index is 512. The number of sulfonamides is 1. The second-order valence-corrected chi connectivity index (χ2v) is 5.33. The molecule has 0 saturated heterocycles. The summed E-state index contributed by atoms with van der Waals surface area (Å²) in [6.07, 6.45) is 0.998. The summed E-state index contributed by atoms with van der Waals surface area (Å²) in [4.78, 5) is 14.2. The maximum atomic E-state index is 11.8. The lowest BCUT2D eigenvalue weighted by Crippen LogP contribution is -2.36. The van der Waals surface area contributed by atoms with Gasteiger partial charge >= 0.3 is 5.97 Å². The van der Waals surface area contributed by atoms with Gasteiger partial charge in [0.15, 0.2) is 5.03 Å². The van der Waals surface area contributed by atoms with E-state index in [0.29, 0.717) is 0 Å². The lowest BCUT2D eigenvalue weighted by atomic mass is 10.3. The third-order valence-corrected chi connectivity index (χ3v) is 3.54. The first-order valence-corrected chi connectivity index (χ1v) is 6.55. The summed E-state index contributed by atoms with van der Waals surface area (Å²) in [5, 5.41) is 8.45. The van der Waals surface area contributed by atoms with Crippen LogP contribution in [0, 0.1) is 0 Å². The van der Waals surface area contributed by atoms with E-state index in [1.165, 1.54) is 13.2 Å². The highest BCUT2D eigenvalue weighted by Gasteiger charge is 2.19. The Morgan fingerprint density at radius 2 is 2.22 bits per heavy atom. The number of carboxylic acid groups (broad SMARTS) is 1. The van der Waals surface area contributed by atoms with Gasteiger partial charge in [-0.2, -0.15) is 0 Å². The van der Waals surface area contributed by atoms with E-state index in [4.69, 9.17) is 9.84 Å². The van der Waals surface area contributed by atoms with Gasteiger partial charge in [0.1, 0.15) is 0 Å². The first-order chi connectivity index (χ1) is 8.36. The highest BCUT2D eigenvalue weighted by molar-refractivity contribution is 7.89. The van der Waals surface area contributed by atoms with Gasteiger partial charge < -0.3 is 9.84 Å². The molecule has 1 unspecified atom stereocenters. The number of hydrogen-bond acceptors (Lipinski definition) is 5. The molecular weight excluding hydrogens is 260 g/mol. The quantitative estimate of drug-likeness (QED) is 0.761. The predicted octanol–water partition coefficient (Wildman–Crippen LogP) is 0.0930. The monoisotopic (exact) mass is 274 g/mol. The summed E-state index contributed by atoms with van der Waals surface area (Å²) in [6, 6.07) is 1.93. The van der Waals surface area contributed by atoms with Crippen molar-refractivity contribution in [1.29, 1.82) is 0 Å². The van der Waals surface area contributed by atoms with Gasteiger partial charge in [0, 0.05) is 19.3 Å². The second kappa shape index (κ2) is 5.89. The van der Waals surface area contributed by atoms with Crippen LogP contribution in [0.2, 0.25) is 0 Å². The zero-order valence-corrected chi connectivity index (χ0v) is 10.8. The van der Waals surface area contributed by atoms with Crippen molar-refractivity contribution in [3.05, 3.63) is 23.9 Å². The highest BCUT2D eigenvalue weighted by Crippen LogP contribution is 2.07. The van der Waals surface area contributed by atoms with Crippen molar-refractivity contribution in [2.24, 2.45) is 0 Å². The van der Waals surface area contributed by atoms with Crippen LogP contribution in [0.15, 0.2) is 23.4 Å². The van der Waals surface area contributed by atoms with E-state index in [0.717, 1.165) is 12.3 Å². The molecule has 1 atom stereocenters. The van der Waals surface area contributed by atoms with Gasteiger partial charge in [-0.15, -0.1) is 0 Å². The van der Waals surface area contributed by atoms with Crippen molar-refractivity contribution in [1.82, 2.24) is 9.71 Å². The van der Waals surface area contributed by atoms with Gasteiger partial charge in [0.25, 0.3) is 10.0 Å². The number of carbonyl (C=O) groups is 1. The van der Waals surface area contributed by atoms with Crippen LogP contribution in [-0.2, 0) is 14.8 Å². The molecule has 0 aliphatic rings. The summed E-state index contributed by atoms with van der Waals surface area (Å²) in [5.74, 6) is -1.16. The van der Waals surface area contributed by atoms with Crippen molar-refractivity contribution < 1.29 is 23.1 Å². The number of carboxylic acids is 1. The topological polar surface area (TPSA) is 106 Å². The van der Waals surface area contributed by atoms with Crippen LogP contribution in [-0.4, -0.2) is 44.2 Å². The molecule has 1 rings (SSSR count). The Hall–Kier alpha value is -1.51. The molecule has 8 heteroatoms. The van der Waals surface area contributed by atoms with E-state index >= 15 is 0 Å². The fourth-order valence-electron chi connectivity index (χ4n) is 1.28. The first-order valence-electron chi connectivity index (χ1n) is 5.07. The number of hydrogen-bond donors (Lipinski definition) is 2. The highest BCUT2D eigenvalue weighted by atomic mass is 32.2. The minimum Gasteiger partial charge on any atom is -0.478 e. The molecule has 18 heavy (non-hydrogen) atoms.